The third kappa shape index (κ3) is 2.89. The molecule has 0 N–H and O–H groups in total. The number of carbonyl (C=O) groups is 1. The largest absolute Gasteiger partial charge is 0.466 e. The Morgan fingerprint density at radius 2 is 2.00 bits per heavy atom. The summed E-state index contributed by atoms with van der Waals surface area (Å²) in [6, 6.07) is 0. The van der Waals surface area contributed by atoms with E-state index in [1.54, 1.807) is 0 Å². The Morgan fingerprint density at radius 3 is 2.67 bits per heavy atom. The molecular formula is C16H18O2. The van der Waals surface area contributed by atoms with Crippen molar-refractivity contribution in [1.82, 2.24) is 0 Å². The van der Waals surface area contributed by atoms with Crippen LogP contribution >= 0.6 is 0 Å². The number of esters is 1. The lowest BCUT2D eigenvalue weighted by atomic mass is 9.93. The molecule has 0 aromatic carbocycles. The average Bonchev–Trinajstić information content (AvgIpc) is 2.64. The van der Waals surface area contributed by atoms with Gasteiger partial charge in [-0.2, -0.15) is 0 Å². The van der Waals surface area contributed by atoms with Crippen LogP contribution in [0.1, 0.15) is 26.2 Å². The highest BCUT2D eigenvalue weighted by Crippen LogP contribution is 2.26. The molecule has 0 bridgehead atoms. The molecule has 0 unspecified atom stereocenters. The monoisotopic (exact) mass is 242 g/mol. The Labute approximate surface area is 108 Å². The van der Waals surface area contributed by atoms with E-state index >= 15 is 0 Å². The van der Waals surface area contributed by atoms with E-state index in [0.29, 0.717) is 12.0 Å². The molecule has 2 nitrogen and oxygen atoms in total. The fourth-order valence-corrected chi connectivity index (χ4v) is 2.11. The van der Waals surface area contributed by atoms with E-state index in [1.807, 2.05) is 18.2 Å². The first-order valence-electron chi connectivity index (χ1n) is 6.23. The second-order valence-electron chi connectivity index (χ2n) is 4.62. The van der Waals surface area contributed by atoms with E-state index in [0.717, 1.165) is 12.8 Å². The zero-order chi connectivity index (χ0) is 13.0. The summed E-state index contributed by atoms with van der Waals surface area (Å²) in [6.45, 7) is 2.15. The van der Waals surface area contributed by atoms with Gasteiger partial charge in [0.25, 0.3) is 0 Å². The molecule has 0 spiro atoms. The third-order valence-corrected chi connectivity index (χ3v) is 3.28. The number of allylic oxidation sites excluding steroid dienone is 9. The van der Waals surface area contributed by atoms with Crippen LogP contribution in [0, 0.1) is 0 Å². The minimum Gasteiger partial charge on any atom is -0.466 e. The molecule has 2 aliphatic carbocycles. The lowest BCUT2D eigenvalue weighted by Gasteiger charge is -2.12. The maximum atomic E-state index is 11.5. The molecular weight excluding hydrogens is 224 g/mol. The van der Waals surface area contributed by atoms with E-state index in [2.05, 4.69) is 25.2 Å². The van der Waals surface area contributed by atoms with Crippen molar-refractivity contribution in [3.8, 4) is 0 Å². The molecule has 0 radical (unpaired) electrons. The van der Waals surface area contributed by atoms with Crippen molar-refractivity contribution in [3.63, 3.8) is 0 Å². The lowest BCUT2D eigenvalue weighted by molar-refractivity contribution is -0.136. The Kier molecular flexibility index (Phi) is 3.98. The Hall–Kier alpha value is -1.83. The van der Waals surface area contributed by atoms with E-state index in [9.17, 15) is 4.79 Å². The van der Waals surface area contributed by atoms with Gasteiger partial charge in [-0.25, -0.2) is 4.79 Å². The molecule has 2 heteroatoms. The first-order chi connectivity index (χ1) is 8.70. The maximum absolute atomic E-state index is 11.5. The molecule has 0 heterocycles. The normalized spacial score (nSPS) is 19.2. The van der Waals surface area contributed by atoms with Gasteiger partial charge in [-0.1, -0.05) is 42.0 Å². The van der Waals surface area contributed by atoms with Gasteiger partial charge >= 0.3 is 5.97 Å². The van der Waals surface area contributed by atoms with E-state index in [1.165, 1.54) is 23.8 Å². The van der Waals surface area contributed by atoms with Gasteiger partial charge in [0.05, 0.1) is 7.11 Å². The number of methoxy groups -OCH3 is 1. The number of ether oxygens (including phenoxy) is 1. The first-order valence-corrected chi connectivity index (χ1v) is 6.23. The third-order valence-electron chi connectivity index (χ3n) is 3.28. The van der Waals surface area contributed by atoms with Gasteiger partial charge in [-0.05, 0) is 37.3 Å². The minimum absolute atomic E-state index is 0.245. The average molecular weight is 242 g/mol. The van der Waals surface area contributed by atoms with Crippen LogP contribution < -0.4 is 0 Å². The molecule has 2 aliphatic rings. The van der Waals surface area contributed by atoms with Gasteiger partial charge in [-0.15, -0.1) is 0 Å². The topological polar surface area (TPSA) is 26.3 Å². The van der Waals surface area contributed by atoms with Crippen LogP contribution in [-0.4, -0.2) is 13.1 Å². The number of carbonyl (C=O) groups excluding carboxylic acids is 1. The predicted molar refractivity (Wildman–Crippen MR) is 73.0 cm³/mol. The summed E-state index contributed by atoms with van der Waals surface area (Å²) < 4.78 is 4.75. The van der Waals surface area contributed by atoms with Crippen LogP contribution in [0.5, 0.6) is 0 Å². The molecule has 0 aromatic heterocycles. The van der Waals surface area contributed by atoms with Crippen molar-refractivity contribution < 1.29 is 9.53 Å². The smallest absolute Gasteiger partial charge is 0.334 e. The maximum Gasteiger partial charge on any atom is 0.334 e. The van der Waals surface area contributed by atoms with Crippen molar-refractivity contribution >= 4 is 5.97 Å². The molecule has 0 saturated heterocycles. The SMILES string of the molecule is COC(=O)C1=CC=C(C2=CC=C(C)CC2)C=CC1. The van der Waals surface area contributed by atoms with Crippen molar-refractivity contribution in [2.75, 3.05) is 7.11 Å². The van der Waals surface area contributed by atoms with Gasteiger partial charge in [0, 0.05) is 5.57 Å². The molecule has 2 rings (SSSR count). The standard InChI is InChI=1S/C16H18O2/c1-12-6-8-14(9-7-12)13-4-3-5-15(11-10-13)16(17)18-2/h3-4,6,8,10-11H,5,7,9H2,1-2H3. The number of hydrogen-bond donors (Lipinski definition) is 0. The van der Waals surface area contributed by atoms with Crippen molar-refractivity contribution in [2.45, 2.75) is 26.2 Å². The second-order valence-corrected chi connectivity index (χ2v) is 4.62. The summed E-state index contributed by atoms with van der Waals surface area (Å²) in [5, 5.41) is 0. The summed E-state index contributed by atoms with van der Waals surface area (Å²) in [5.74, 6) is -0.245. The molecule has 0 aliphatic heterocycles. The fraction of sp³-hybridized carbons (Fsp3) is 0.312. The van der Waals surface area contributed by atoms with Crippen LogP contribution in [0.25, 0.3) is 0 Å². The minimum atomic E-state index is -0.245. The fourth-order valence-electron chi connectivity index (χ4n) is 2.11. The molecule has 94 valence electrons. The van der Waals surface area contributed by atoms with Crippen LogP contribution in [0.3, 0.4) is 0 Å². The molecule has 0 fully saturated rings. The summed E-state index contributed by atoms with van der Waals surface area (Å²) in [6.07, 6.45) is 15.2. The predicted octanol–water partition coefficient (Wildman–Crippen LogP) is 3.64. The van der Waals surface area contributed by atoms with Gasteiger partial charge in [0.15, 0.2) is 0 Å². The quantitative estimate of drug-likeness (QED) is 0.691. The van der Waals surface area contributed by atoms with Crippen LogP contribution in [0.2, 0.25) is 0 Å². The van der Waals surface area contributed by atoms with Crippen LogP contribution in [-0.2, 0) is 9.53 Å². The molecule has 0 saturated carbocycles. The molecule has 0 aromatic rings. The van der Waals surface area contributed by atoms with Crippen LogP contribution in [0.4, 0.5) is 0 Å². The Balaban J connectivity index is 2.23. The van der Waals surface area contributed by atoms with Gasteiger partial charge in [0.2, 0.25) is 0 Å². The highest BCUT2D eigenvalue weighted by atomic mass is 16.5. The van der Waals surface area contributed by atoms with Crippen molar-refractivity contribution in [1.29, 1.82) is 0 Å². The van der Waals surface area contributed by atoms with E-state index in [-0.39, 0.29) is 5.97 Å². The summed E-state index contributed by atoms with van der Waals surface area (Å²) >= 11 is 0. The molecule has 0 atom stereocenters. The molecule has 0 amide bonds. The zero-order valence-corrected chi connectivity index (χ0v) is 10.9. The molecule has 18 heavy (non-hydrogen) atoms. The summed E-state index contributed by atoms with van der Waals surface area (Å²) in [5.41, 5.74) is 4.64. The Morgan fingerprint density at radius 1 is 1.17 bits per heavy atom. The summed E-state index contributed by atoms with van der Waals surface area (Å²) in [7, 11) is 1.42. The van der Waals surface area contributed by atoms with Gasteiger partial charge < -0.3 is 4.74 Å². The van der Waals surface area contributed by atoms with Crippen LogP contribution in [0.15, 0.2) is 58.7 Å². The van der Waals surface area contributed by atoms with Gasteiger partial charge in [0.1, 0.15) is 0 Å². The van der Waals surface area contributed by atoms with E-state index < -0.39 is 0 Å². The lowest BCUT2D eigenvalue weighted by Crippen LogP contribution is -2.03. The van der Waals surface area contributed by atoms with Gasteiger partial charge in [-0.3, -0.25) is 0 Å². The number of hydrogen-bond acceptors (Lipinski definition) is 2. The zero-order valence-electron chi connectivity index (χ0n) is 10.9. The first kappa shape index (κ1) is 12.6. The highest BCUT2D eigenvalue weighted by Gasteiger charge is 2.11. The summed E-state index contributed by atoms with van der Waals surface area (Å²) in [4.78, 5) is 11.5. The highest BCUT2D eigenvalue weighted by molar-refractivity contribution is 5.89. The van der Waals surface area contributed by atoms with Crippen molar-refractivity contribution in [3.05, 3.63) is 58.7 Å². The van der Waals surface area contributed by atoms with Crippen molar-refractivity contribution in [2.24, 2.45) is 0 Å². The second kappa shape index (κ2) is 5.67. The Bertz CT molecular complexity index is 499. The van der Waals surface area contributed by atoms with E-state index in [4.69, 9.17) is 4.74 Å². The number of rotatable bonds is 2.